The third-order valence-electron chi connectivity index (χ3n) is 2.71. The molecule has 1 aromatic rings. The van der Waals surface area contributed by atoms with Crippen molar-refractivity contribution >= 4 is 0 Å². The van der Waals surface area contributed by atoms with Crippen molar-refractivity contribution < 1.29 is 4.74 Å². The van der Waals surface area contributed by atoms with E-state index in [1.807, 2.05) is 18.2 Å². The molecule has 15 heavy (non-hydrogen) atoms. The lowest BCUT2D eigenvalue weighted by atomic mass is 9.94. The Morgan fingerprint density at radius 3 is 3.13 bits per heavy atom. The van der Waals surface area contributed by atoms with Gasteiger partial charge in [-0.25, -0.2) is 4.98 Å². The van der Waals surface area contributed by atoms with Crippen molar-refractivity contribution in [2.24, 2.45) is 5.92 Å². The lowest BCUT2D eigenvalue weighted by molar-refractivity contribution is 0.394. The fourth-order valence-corrected chi connectivity index (χ4v) is 1.88. The summed E-state index contributed by atoms with van der Waals surface area (Å²) in [5.41, 5.74) is 0.936. The fourth-order valence-electron chi connectivity index (χ4n) is 1.88. The van der Waals surface area contributed by atoms with Crippen molar-refractivity contribution in [1.29, 1.82) is 5.26 Å². The van der Waals surface area contributed by atoms with E-state index in [1.54, 1.807) is 7.11 Å². The van der Waals surface area contributed by atoms with Crippen LogP contribution < -0.4 is 10.1 Å². The van der Waals surface area contributed by atoms with Crippen molar-refractivity contribution in [1.82, 2.24) is 10.3 Å². The molecule has 0 spiro atoms. The maximum Gasteiger partial charge on any atom is 0.213 e. The molecule has 78 valence electrons. The van der Waals surface area contributed by atoms with Gasteiger partial charge >= 0.3 is 0 Å². The Morgan fingerprint density at radius 2 is 2.40 bits per heavy atom. The molecule has 2 rings (SSSR count). The van der Waals surface area contributed by atoms with Crippen LogP contribution in [0.5, 0.6) is 5.88 Å². The molecule has 0 aliphatic carbocycles. The molecule has 0 amide bonds. The fraction of sp³-hybridized carbons (Fsp3) is 0.455. The lowest BCUT2D eigenvalue weighted by Crippen LogP contribution is -2.10. The van der Waals surface area contributed by atoms with Crippen LogP contribution in [0.2, 0.25) is 0 Å². The largest absolute Gasteiger partial charge is 0.481 e. The number of hydrogen-bond acceptors (Lipinski definition) is 4. The zero-order valence-electron chi connectivity index (χ0n) is 8.60. The molecule has 1 aliphatic rings. The number of rotatable bonds is 2. The van der Waals surface area contributed by atoms with E-state index >= 15 is 0 Å². The van der Waals surface area contributed by atoms with Crippen LogP contribution in [0.4, 0.5) is 0 Å². The topological polar surface area (TPSA) is 57.9 Å². The summed E-state index contributed by atoms with van der Waals surface area (Å²) in [6.07, 6.45) is 0. The molecule has 1 aromatic heterocycles. The van der Waals surface area contributed by atoms with Crippen molar-refractivity contribution in [2.45, 2.75) is 5.92 Å². The molecule has 0 radical (unpaired) electrons. The number of hydrogen-bond donors (Lipinski definition) is 1. The number of nitriles is 1. The zero-order valence-corrected chi connectivity index (χ0v) is 8.60. The molecular weight excluding hydrogens is 190 g/mol. The van der Waals surface area contributed by atoms with Gasteiger partial charge in [-0.2, -0.15) is 5.26 Å². The Morgan fingerprint density at radius 1 is 1.53 bits per heavy atom. The monoisotopic (exact) mass is 203 g/mol. The third kappa shape index (κ3) is 1.92. The van der Waals surface area contributed by atoms with Crippen LogP contribution >= 0.6 is 0 Å². The summed E-state index contributed by atoms with van der Waals surface area (Å²) in [4.78, 5) is 4.36. The first-order valence-electron chi connectivity index (χ1n) is 4.96. The average molecular weight is 203 g/mol. The van der Waals surface area contributed by atoms with E-state index in [2.05, 4.69) is 16.4 Å². The Bertz CT molecular complexity index is 386. The van der Waals surface area contributed by atoms with Gasteiger partial charge in [0.25, 0.3) is 0 Å². The molecular formula is C11H13N3O. The minimum Gasteiger partial charge on any atom is -0.481 e. The van der Waals surface area contributed by atoms with Crippen LogP contribution in [0.25, 0.3) is 0 Å². The Balaban J connectivity index is 2.25. The Kier molecular flexibility index (Phi) is 2.84. The molecule has 2 atom stereocenters. The predicted octanol–water partition coefficient (Wildman–Crippen LogP) is 0.917. The van der Waals surface area contributed by atoms with Crippen molar-refractivity contribution in [3.8, 4) is 11.9 Å². The molecule has 0 bridgehead atoms. The highest BCUT2D eigenvalue weighted by Crippen LogP contribution is 2.27. The third-order valence-corrected chi connectivity index (χ3v) is 2.71. The van der Waals surface area contributed by atoms with Crippen LogP contribution in [0.1, 0.15) is 11.6 Å². The number of ether oxygens (including phenoxy) is 1. The van der Waals surface area contributed by atoms with Crippen LogP contribution in [0, 0.1) is 17.2 Å². The van der Waals surface area contributed by atoms with E-state index in [-0.39, 0.29) is 11.8 Å². The second-order valence-electron chi connectivity index (χ2n) is 3.61. The Labute approximate surface area is 88.9 Å². The van der Waals surface area contributed by atoms with Crippen LogP contribution in [-0.4, -0.2) is 25.2 Å². The van der Waals surface area contributed by atoms with Crippen molar-refractivity contribution in [2.75, 3.05) is 20.2 Å². The number of nitrogens with zero attached hydrogens (tertiary/aromatic N) is 2. The lowest BCUT2D eigenvalue weighted by Gasteiger charge is -2.12. The van der Waals surface area contributed by atoms with E-state index in [4.69, 9.17) is 10.00 Å². The number of aromatic nitrogens is 1. The summed E-state index contributed by atoms with van der Waals surface area (Å²) in [6, 6.07) is 7.98. The molecule has 1 saturated heterocycles. The highest BCUT2D eigenvalue weighted by molar-refractivity contribution is 5.22. The summed E-state index contributed by atoms with van der Waals surface area (Å²) in [6.45, 7) is 1.57. The zero-order chi connectivity index (χ0) is 10.7. The molecule has 1 N–H and O–H groups in total. The molecule has 0 unspecified atom stereocenters. The van der Waals surface area contributed by atoms with Gasteiger partial charge in [0, 0.05) is 25.1 Å². The van der Waals surface area contributed by atoms with Crippen molar-refractivity contribution in [3.63, 3.8) is 0 Å². The normalized spacial score (nSPS) is 24.8. The maximum absolute atomic E-state index is 8.98. The standard InChI is InChI=1S/C11H13N3O/c1-15-11-4-2-3-10(14-11)9-7-13-6-8(9)5-12/h2-4,8-9,13H,6-7H2,1H3/t8-,9-/m1/s1. The second kappa shape index (κ2) is 4.28. The van der Waals surface area contributed by atoms with Gasteiger partial charge in [-0.1, -0.05) is 6.07 Å². The average Bonchev–Trinajstić information content (AvgIpc) is 2.77. The van der Waals surface area contributed by atoms with Gasteiger partial charge in [-0.05, 0) is 6.07 Å². The van der Waals surface area contributed by atoms with Gasteiger partial charge in [0.15, 0.2) is 0 Å². The molecule has 0 saturated carbocycles. The van der Waals surface area contributed by atoms with Gasteiger partial charge in [-0.15, -0.1) is 0 Å². The van der Waals surface area contributed by atoms with Crippen LogP contribution in [-0.2, 0) is 0 Å². The summed E-state index contributed by atoms with van der Waals surface area (Å²) in [5.74, 6) is 0.811. The van der Waals surface area contributed by atoms with E-state index in [1.165, 1.54) is 0 Å². The first-order chi connectivity index (χ1) is 7.35. The first-order valence-corrected chi connectivity index (χ1v) is 4.96. The maximum atomic E-state index is 8.98. The molecule has 0 aromatic carbocycles. The van der Waals surface area contributed by atoms with E-state index in [0.29, 0.717) is 5.88 Å². The summed E-state index contributed by atoms with van der Waals surface area (Å²) in [7, 11) is 1.60. The highest BCUT2D eigenvalue weighted by Gasteiger charge is 2.29. The molecule has 4 heteroatoms. The first kappa shape index (κ1) is 9.94. The van der Waals surface area contributed by atoms with E-state index < -0.39 is 0 Å². The van der Waals surface area contributed by atoms with Gasteiger partial charge < -0.3 is 10.1 Å². The minimum absolute atomic E-state index is 0.0182. The molecule has 2 heterocycles. The summed E-state index contributed by atoms with van der Waals surface area (Å²) < 4.78 is 5.07. The van der Waals surface area contributed by atoms with Gasteiger partial charge in [0.05, 0.1) is 24.8 Å². The predicted molar refractivity (Wildman–Crippen MR) is 55.5 cm³/mol. The quantitative estimate of drug-likeness (QED) is 0.776. The van der Waals surface area contributed by atoms with Gasteiger partial charge in [0.2, 0.25) is 5.88 Å². The van der Waals surface area contributed by atoms with E-state index in [0.717, 1.165) is 18.8 Å². The molecule has 1 aliphatic heterocycles. The van der Waals surface area contributed by atoms with E-state index in [9.17, 15) is 0 Å². The minimum atomic E-state index is 0.0182. The SMILES string of the molecule is COc1cccc([C@@H]2CNC[C@H]2C#N)n1. The highest BCUT2D eigenvalue weighted by atomic mass is 16.5. The summed E-state index contributed by atoms with van der Waals surface area (Å²) in [5, 5.41) is 12.2. The number of nitrogens with one attached hydrogen (secondary N) is 1. The number of pyridine rings is 1. The van der Waals surface area contributed by atoms with Crippen LogP contribution in [0.15, 0.2) is 18.2 Å². The van der Waals surface area contributed by atoms with Crippen molar-refractivity contribution in [3.05, 3.63) is 23.9 Å². The second-order valence-corrected chi connectivity index (χ2v) is 3.61. The number of methoxy groups -OCH3 is 1. The van der Waals surface area contributed by atoms with Crippen LogP contribution in [0.3, 0.4) is 0 Å². The van der Waals surface area contributed by atoms with Gasteiger partial charge in [0.1, 0.15) is 0 Å². The molecule has 4 nitrogen and oxygen atoms in total. The Hall–Kier alpha value is -1.60. The smallest absolute Gasteiger partial charge is 0.213 e. The summed E-state index contributed by atoms with van der Waals surface area (Å²) >= 11 is 0. The van der Waals surface area contributed by atoms with Gasteiger partial charge in [-0.3, -0.25) is 0 Å². The molecule has 1 fully saturated rings.